The smallest absolute Gasteiger partial charge is 0.00556 e. The molecule has 0 aliphatic carbocycles. The Hall–Kier alpha value is -0.460. The van der Waals surface area contributed by atoms with E-state index < -0.39 is 0 Å². The molecule has 0 fully saturated rings. The molecule has 0 unspecified atom stereocenters. The van der Waals surface area contributed by atoms with E-state index in [2.05, 4.69) is 24.9 Å². The summed E-state index contributed by atoms with van der Waals surface area (Å²) >= 11 is 0. The van der Waals surface area contributed by atoms with Crippen LogP contribution in [-0.2, 0) is 0 Å². The zero-order valence-corrected chi connectivity index (χ0v) is 6.23. The molecule has 0 saturated carbocycles. The van der Waals surface area contributed by atoms with Gasteiger partial charge in [0.2, 0.25) is 0 Å². The second kappa shape index (κ2) is 3.53. The van der Waals surface area contributed by atoms with E-state index in [-0.39, 0.29) is 0 Å². The van der Waals surface area contributed by atoms with Crippen LogP contribution in [0.3, 0.4) is 0 Å². The van der Waals surface area contributed by atoms with E-state index in [0.717, 1.165) is 6.42 Å². The molecule has 48 valence electrons. The number of hydrogen-bond donors (Lipinski definition) is 0. The molecule has 0 bridgehead atoms. The largest absolute Gasteiger partial charge is 0.384 e. The van der Waals surface area contributed by atoms with Crippen molar-refractivity contribution in [2.24, 2.45) is 0 Å². The molecule has 8 heavy (non-hydrogen) atoms. The molecule has 0 aromatic rings. The van der Waals surface area contributed by atoms with Crippen molar-refractivity contribution in [2.45, 2.75) is 20.3 Å². The van der Waals surface area contributed by atoms with Gasteiger partial charge < -0.3 is 4.90 Å². The molecule has 0 rings (SSSR count). The van der Waals surface area contributed by atoms with Crippen LogP contribution in [0.2, 0.25) is 0 Å². The maximum absolute atomic E-state index is 2.16. The summed E-state index contributed by atoms with van der Waals surface area (Å²) < 4.78 is 0. The summed E-state index contributed by atoms with van der Waals surface area (Å²) in [4.78, 5) is 2.07. The first-order chi connectivity index (χ1) is 3.66. The van der Waals surface area contributed by atoms with Gasteiger partial charge in [-0.25, -0.2) is 0 Å². The Morgan fingerprint density at radius 3 is 2.12 bits per heavy atom. The van der Waals surface area contributed by atoms with Gasteiger partial charge in [0, 0.05) is 14.1 Å². The Labute approximate surface area is 52.0 Å². The molecule has 0 radical (unpaired) electrons. The van der Waals surface area contributed by atoms with Gasteiger partial charge in [-0.15, -0.1) is 0 Å². The van der Waals surface area contributed by atoms with E-state index in [0.29, 0.717) is 0 Å². The van der Waals surface area contributed by atoms with E-state index in [1.807, 2.05) is 14.1 Å². The molecule has 0 aromatic carbocycles. The summed E-state index contributed by atoms with van der Waals surface area (Å²) in [5.74, 6) is 0. The zero-order chi connectivity index (χ0) is 6.57. The topological polar surface area (TPSA) is 3.24 Å². The Kier molecular flexibility index (Phi) is 3.33. The molecule has 0 N–H and O–H groups in total. The van der Waals surface area contributed by atoms with Crippen molar-refractivity contribution < 1.29 is 0 Å². The van der Waals surface area contributed by atoms with Crippen molar-refractivity contribution in [1.29, 1.82) is 0 Å². The first kappa shape index (κ1) is 7.54. The summed E-state index contributed by atoms with van der Waals surface area (Å²) in [6, 6.07) is 0. The van der Waals surface area contributed by atoms with Gasteiger partial charge >= 0.3 is 0 Å². The fraction of sp³-hybridized carbons (Fsp3) is 0.714. The van der Waals surface area contributed by atoms with Crippen LogP contribution >= 0.6 is 0 Å². The Morgan fingerprint density at radius 1 is 1.50 bits per heavy atom. The van der Waals surface area contributed by atoms with Crippen molar-refractivity contribution in [3.8, 4) is 0 Å². The Bertz CT molecular complexity index is 82.4. The highest BCUT2D eigenvalue weighted by Gasteiger charge is 1.81. The molecule has 1 nitrogen and oxygen atoms in total. The van der Waals surface area contributed by atoms with Gasteiger partial charge in [-0.05, 0) is 19.5 Å². The van der Waals surface area contributed by atoms with E-state index in [4.69, 9.17) is 0 Å². The van der Waals surface area contributed by atoms with Crippen LogP contribution in [0.4, 0.5) is 0 Å². The maximum Gasteiger partial charge on any atom is 0.00556 e. The Morgan fingerprint density at radius 2 is 2.00 bits per heavy atom. The lowest BCUT2D eigenvalue weighted by atomic mass is 10.2. The molecular weight excluding hydrogens is 98.1 g/mol. The van der Waals surface area contributed by atoms with Crippen molar-refractivity contribution >= 4 is 0 Å². The predicted octanol–water partition coefficient (Wildman–Crippen LogP) is 1.86. The number of allylic oxidation sites excluding steroid dienone is 1. The monoisotopic (exact) mass is 113 g/mol. The highest BCUT2D eigenvalue weighted by molar-refractivity contribution is 4.94. The molecule has 0 aromatic heterocycles. The standard InChI is InChI=1S/C7H15N/c1-5-7(2)6-8(3)4/h6H,5H2,1-4H3. The van der Waals surface area contributed by atoms with Gasteiger partial charge in [0.25, 0.3) is 0 Å². The summed E-state index contributed by atoms with van der Waals surface area (Å²) in [5, 5.41) is 0. The SMILES string of the molecule is CCC(C)=CN(C)C. The zero-order valence-electron chi connectivity index (χ0n) is 6.23. The highest BCUT2D eigenvalue weighted by Crippen LogP contribution is 1.97. The minimum Gasteiger partial charge on any atom is -0.384 e. The van der Waals surface area contributed by atoms with Crippen LogP contribution in [0.5, 0.6) is 0 Å². The van der Waals surface area contributed by atoms with Crippen molar-refractivity contribution in [3.05, 3.63) is 11.8 Å². The average Bonchev–Trinajstić information content (AvgIpc) is 1.65. The lowest BCUT2D eigenvalue weighted by Gasteiger charge is -2.05. The molecular formula is C7H15N. The normalized spacial score (nSPS) is 11.8. The molecule has 0 saturated heterocycles. The quantitative estimate of drug-likeness (QED) is 0.528. The van der Waals surface area contributed by atoms with Gasteiger partial charge in [-0.1, -0.05) is 12.5 Å². The summed E-state index contributed by atoms with van der Waals surface area (Å²) in [5.41, 5.74) is 1.43. The molecule has 0 aliphatic heterocycles. The van der Waals surface area contributed by atoms with Crippen LogP contribution in [-0.4, -0.2) is 19.0 Å². The van der Waals surface area contributed by atoms with Crippen LogP contribution in [0.25, 0.3) is 0 Å². The first-order valence-corrected chi connectivity index (χ1v) is 3.00. The van der Waals surface area contributed by atoms with Gasteiger partial charge in [-0.3, -0.25) is 0 Å². The molecule has 0 atom stereocenters. The minimum absolute atomic E-state index is 1.15. The summed E-state index contributed by atoms with van der Waals surface area (Å²) in [7, 11) is 4.08. The van der Waals surface area contributed by atoms with E-state index in [9.17, 15) is 0 Å². The highest BCUT2D eigenvalue weighted by atomic mass is 15.0. The molecule has 1 heteroatoms. The molecule has 0 heterocycles. The van der Waals surface area contributed by atoms with Crippen LogP contribution in [0.15, 0.2) is 11.8 Å². The molecule has 0 spiro atoms. The number of hydrogen-bond acceptors (Lipinski definition) is 1. The number of nitrogens with zero attached hydrogens (tertiary/aromatic N) is 1. The van der Waals surface area contributed by atoms with Crippen molar-refractivity contribution in [2.75, 3.05) is 14.1 Å². The fourth-order valence-electron chi connectivity index (χ4n) is 0.532. The first-order valence-electron chi connectivity index (χ1n) is 3.00. The third-order valence-corrected chi connectivity index (χ3v) is 1.04. The van der Waals surface area contributed by atoms with Crippen molar-refractivity contribution in [1.82, 2.24) is 4.90 Å². The Balaban J connectivity index is 3.56. The summed E-state index contributed by atoms with van der Waals surface area (Å²) in [6.07, 6.45) is 3.29. The fourth-order valence-corrected chi connectivity index (χ4v) is 0.532. The van der Waals surface area contributed by atoms with E-state index >= 15 is 0 Å². The minimum atomic E-state index is 1.15. The molecule has 0 aliphatic rings. The molecule has 0 amide bonds. The van der Waals surface area contributed by atoms with Gasteiger partial charge in [0.15, 0.2) is 0 Å². The van der Waals surface area contributed by atoms with Crippen LogP contribution in [0.1, 0.15) is 20.3 Å². The average molecular weight is 113 g/mol. The lowest BCUT2D eigenvalue weighted by molar-refractivity contribution is 0.556. The summed E-state index contributed by atoms with van der Waals surface area (Å²) in [6.45, 7) is 4.30. The third-order valence-electron chi connectivity index (χ3n) is 1.04. The second-order valence-corrected chi connectivity index (χ2v) is 2.29. The van der Waals surface area contributed by atoms with Gasteiger partial charge in [0.05, 0.1) is 0 Å². The third kappa shape index (κ3) is 3.72. The second-order valence-electron chi connectivity index (χ2n) is 2.29. The van der Waals surface area contributed by atoms with Gasteiger partial charge in [-0.2, -0.15) is 0 Å². The van der Waals surface area contributed by atoms with Gasteiger partial charge in [0.1, 0.15) is 0 Å². The number of rotatable bonds is 2. The van der Waals surface area contributed by atoms with Crippen molar-refractivity contribution in [3.63, 3.8) is 0 Å². The van der Waals surface area contributed by atoms with Crippen LogP contribution in [0, 0.1) is 0 Å². The van der Waals surface area contributed by atoms with E-state index in [1.54, 1.807) is 0 Å². The van der Waals surface area contributed by atoms with Crippen LogP contribution < -0.4 is 0 Å². The predicted molar refractivity (Wildman–Crippen MR) is 37.7 cm³/mol. The lowest BCUT2D eigenvalue weighted by Crippen LogP contribution is -2.01. The van der Waals surface area contributed by atoms with E-state index in [1.165, 1.54) is 5.57 Å². The maximum atomic E-state index is 2.16.